The number of β-lactam (4-membered cyclic amide) rings is 1. The summed E-state index contributed by atoms with van der Waals surface area (Å²) in [5.74, 6) is -5.26. The number of amides is 3. The lowest BCUT2D eigenvalue weighted by molar-refractivity contribution is -0.911. The normalized spacial score (nSPS) is 20.6. The van der Waals surface area contributed by atoms with E-state index in [2.05, 4.69) is 20.6 Å². The van der Waals surface area contributed by atoms with Gasteiger partial charge in [0.05, 0.1) is 43.3 Å². The quantitative estimate of drug-likeness (QED) is 0.0464. The first-order valence-electron chi connectivity index (χ1n) is 17.9. The van der Waals surface area contributed by atoms with Crippen LogP contribution in [-0.4, -0.2) is 147 Å². The number of aromatic hydroxyl groups is 2. The van der Waals surface area contributed by atoms with Crippen molar-refractivity contribution in [2.45, 2.75) is 62.8 Å². The van der Waals surface area contributed by atoms with Crippen molar-refractivity contribution >= 4 is 74.6 Å². The molecule has 3 aliphatic heterocycles. The number of nitrogens with zero attached hydrogens (tertiary/aromatic N) is 7. The number of hydrogen-bond donors (Lipinski definition) is 6. The number of phenols is 2. The number of nitrogen functional groups attached to an aromatic ring is 1. The average Bonchev–Trinajstić information content (AvgIpc) is 3.81. The number of thioether (sulfide) groups is 1. The Kier molecular flexibility index (Phi) is 11.2. The molecule has 0 aliphatic carbocycles. The summed E-state index contributed by atoms with van der Waals surface area (Å²) in [7, 11) is 0. The van der Waals surface area contributed by atoms with Crippen LogP contribution in [0.2, 0.25) is 0 Å². The van der Waals surface area contributed by atoms with E-state index in [9.17, 15) is 49.2 Å². The average molecular weight is 829 g/mol. The van der Waals surface area contributed by atoms with Gasteiger partial charge in [-0.2, -0.15) is 9.78 Å². The van der Waals surface area contributed by atoms with Crippen LogP contribution in [0.3, 0.4) is 0 Å². The van der Waals surface area contributed by atoms with Crippen molar-refractivity contribution in [2.24, 2.45) is 5.16 Å². The van der Waals surface area contributed by atoms with Crippen LogP contribution in [0.15, 0.2) is 44.9 Å². The van der Waals surface area contributed by atoms with Gasteiger partial charge in [0.2, 0.25) is 11.0 Å². The van der Waals surface area contributed by atoms with E-state index in [0.717, 1.165) is 47.2 Å². The van der Waals surface area contributed by atoms with E-state index in [1.165, 1.54) is 40.8 Å². The Morgan fingerprint density at radius 1 is 1.14 bits per heavy atom. The first-order chi connectivity index (χ1) is 26.9. The minimum atomic E-state index is -1.81. The van der Waals surface area contributed by atoms with Gasteiger partial charge in [0.15, 0.2) is 22.3 Å². The maximum atomic E-state index is 13.8. The molecular formula is C35H42N9O11S2+. The van der Waals surface area contributed by atoms with Crippen molar-refractivity contribution in [2.75, 3.05) is 45.0 Å². The highest BCUT2D eigenvalue weighted by molar-refractivity contribution is 8.00. The molecule has 1 aromatic carbocycles. The number of nitrogens with two attached hydrogens (primary N) is 1. The molecule has 22 heteroatoms. The van der Waals surface area contributed by atoms with E-state index in [-0.39, 0.29) is 47.1 Å². The van der Waals surface area contributed by atoms with Gasteiger partial charge in [-0.3, -0.25) is 19.3 Å². The number of fused-ring (bicyclic) bond motifs is 2. The van der Waals surface area contributed by atoms with Crippen LogP contribution in [0.1, 0.15) is 46.2 Å². The van der Waals surface area contributed by atoms with Gasteiger partial charge in [0.25, 0.3) is 11.8 Å². The van der Waals surface area contributed by atoms with E-state index in [1.807, 2.05) is 6.92 Å². The summed E-state index contributed by atoms with van der Waals surface area (Å²) in [6.07, 6.45) is 2.67. The second-order valence-electron chi connectivity index (χ2n) is 14.4. The number of likely N-dealkylation sites (N-methyl/N-ethyl adjacent to an activating group) is 1. The molecule has 3 aliphatic rings. The van der Waals surface area contributed by atoms with Crippen LogP contribution in [0.25, 0.3) is 10.9 Å². The molecule has 3 amide bonds. The summed E-state index contributed by atoms with van der Waals surface area (Å²) in [4.78, 5) is 90.0. The monoisotopic (exact) mass is 828 g/mol. The Bertz CT molecular complexity index is 2280. The van der Waals surface area contributed by atoms with Gasteiger partial charge >= 0.3 is 18.0 Å². The largest absolute Gasteiger partial charge is 0.504 e. The molecule has 0 unspecified atom stereocenters. The van der Waals surface area contributed by atoms with Crippen molar-refractivity contribution < 1.29 is 53.7 Å². The number of benzene rings is 1. The van der Waals surface area contributed by atoms with Gasteiger partial charge in [-0.1, -0.05) is 5.16 Å². The minimum absolute atomic E-state index is 0.00246. The fraction of sp³-hybridized carbons (Fsp3) is 0.457. The molecule has 2 saturated heterocycles. The molecule has 20 nitrogen and oxygen atoms in total. The van der Waals surface area contributed by atoms with Crippen LogP contribution in [0.5, 0.6) is 11.5 Å². The van der Waals surface area contributed by atoms with Crippen LogP contribution < -0.4 is 16.5 Å². The molecule has 5 heterocycles. The fourth-order valence-electron chi connectivity index (χ4n) is 7.08. The number of phenolic OH excluding ortho intramolecular Hbond substituents is 2. The summed E-state index contributed by atoms with van der Waals surface area (Å²) >= 11 is 2.31. The lowest BCUT2D eigenvalue weighted by Crippen LogP contribution is -2.72. The number of carbonyl (C=O) groups excluding carboxylic acids is 3. The van der Waals surface area contributed by atoms with Crippen LogP contribution in [0, 0.1) is 0 Å². The van der Waals surface area contributed by atoms with Gasteiger partial charge in [-0.05, 0) is 33.8 Å². The maximum absolute atomic E-state index is 13.8. The molecule has 0 saturated carbocycles. The third kappa shape index (κ3) is 7.83. The Hall–Kier alpha value is -5.74. The van der Waals surface area contributed by atoms with E-state index in [0.29, 0.717) is 29.7 Å². The number of quaternary nitrogens is 1. The number of nitrogens with one attached hydrogen (secondary N) is 1. The van der Waals surface area contributed by atoms with Gasteiger partial charge in [-0.25, -0.2) is 19.4 Å². The Morgan fingerprint density at radius 2 is 1.82 bits per heavy atom. The number of rotatable bonds is 13. The molecule has 3 atom stereocenters. The number of likely N-dealkylation sites (tertiary alicyclic amines) is 1. The van der Waals surface area contributed by atoms with Crippen molar-refractivity contribution in [1.29, 1.82) is 0 Å². The minimum Gasteiger partial charge on any atom is -0.504 e. The summed E-state index contributed by atoms with van der Waals surface area (Å²) in [5, 5.41) is 50.8. The summed E-state index contributed by atoms with van der Waals surface area (Å²) < 4.78 is 1.43. The predicted molar refractivity (Wildman–Crippen MR) is 206 cm³/mol. The molecule has 0 bridgehead atoms. The zero-order valence-electron chi connectivity index (χ0n) is 31.4. The summed E-state index contributed by atoms with van der Waals surface area (Å²) in [6, 6.07) is 0.452. The SMILES string of the molecule is CCN(CC[N+]1(CC2=C(C(=O)O)N3C(=O)[C@@H](NC(=O)/C(=N\OC(C)(C)C(=O)O)c4csc(N)n4)[C@H]3S[C@H]2C)CCCC1)C(=O)n1ncc(=O)c2cc(O)c(O)cc21. The van der Waals surface area contributed by atoms with E-state index < -0.39 is 74.7 Å². The molecule has 3 aromatic rings. The summed E-state index contributed by atoms with van der Waals surface area (Å²) in [6.45, 7) is 8.65. The number of carbonyl (C=O) groups is 5. The topological polar surface area (TPSA) is 280 Å². The third-order valence-electron chi connectivity index (χ3n) is 10.3. The highest BCUT2D eigenvalue weighted by atomic mass is 32.2. The number of carboxylic acid groups (broad SMARTS) is 2. The smallest absolute Gasteiger partial charge is 0.352 e. The first-order valence-corrected chi connectivity index (χ1v) is 19.8. The lowest BCUT2D eigenvalue weighted by atomic mass is 9.99. The van der Waals surface area contributed by atoms with Crippen molar-refractivity contribution in [3.8, 4) is 11.5 Å². The second kappa shape index (κ2) is 15.7. The molecule has 2 fully saturated rings. The van der Waals surface area contributed by atoms with Crippen LogP contribution in [-0.2, 0) is 24.0 Å². The van der Waals surface area contributed by atoms with Crippen molar-refractivity contribution in [3.63, 3.8) is 0 Å². The Labute approximate surface area is 332 Å². The molecular weight excluding hydrogens is 787 g/mol. The number of aliphatic carboxylic acids is 2. The van der Waals surface area contributed by atoms with Gasteiger partial charge in [0, 0.05) is 41.7 Å². The zero-order valence-corrected chi connectivity index (χ0v) is 33.0. The molecule has 304 valence electrons. The fourth-order valence-corrected chi connectivity index (χ4v) is 9.07. The number of aromatic nitrogens is 3. The third-order valence-corrected chi connectivity index (χ3v) is 12.5. The van der Waals surface area contributed by atoms with Gasteiger partial charge < -0.3 is 45.7 Å². The zero-order chi connectivity index (χ0) is 41.6. The highest BCUT2D eigenvalue weighted by Crippen LogP contribution is 2.45. The van der Waals surface area contributed by atoms with Crippen molar-refractivity contribution in [3.05, 3.63) is 50.9 Å². The van der Waals surface area contributed by atoms with Crippen LogP contribution >= 0.6 is 23.1 Å². The predicted octanol–water partition coefficient (Wildman–Crippen LogP) is 1.16. The standard InChI is InChI=1S/C35H41N9O11S2/c1-5-41(34(54)43-21-13-23(46)22(45)12-18(21)24(47)14-37-43)8-11-44(9-6-7-10-44)15-19-17(2)57-30-26(29(49)42(30)27(19)31(50)51)39-28(48)25(20-16-56-33(36)38-20)40-55-35(3,4)32(52)53/h12-14,16-17,26,30H,5-11,15H2,1-4H3,(H6-,36,37,38,39,40,45,46,47,48,50,51,52,53)/p+1/t17-,26+,30+/m0/s1. The van der Waals surface area contributed by atoms with E-state index in [4.69, 9.17) is 10.6 Å². The lowest BCUT2D eigenvalue weighted by Gasteiger charge is -2.51. The second-order valence-corrected chi connectivity index (χ2v) is 16.8. The van der Waals surface area contributed by atoms with E-state index >= 15 is 0 Å². The molecule has 0 spiro atoms. The van der Waals surface area contributed by atoms with Gasteiger partial charge in [0.1, 0.15) is 29.4 Å². The van der Waals surface area contributed by atoms with Crippen molar-refractivity contribution in [1.82, 2.24) is 29.9 Å². The molecule has 0 radical (unpaired) electrons. The number of anilines is 1. The number of carboxylic acids is 2. The molecule has 7 N–H and O–H groups in total. The van der Waals surface area contributed by atoms with E-state index in [1.54, 1.807) is 6.92 Å². The van der Waals surface area contributed by atoms with Gasteiger partial charge in [-0.15, -0.1) is 23.1 Å². The molecule has 2 aromatic heterocycles. The number of oxime groups is 1. The molecule has 57 heavy (non-hydrogen) atoms. The van der Waals surface area contributed by atoms with Crippen LogP contribution in [0.4, 0.5) is 9.93 Å². The maximum Gasteiger partial charge on any atom is 0.352 e. The summed E-state index contributed by atoms with van der Waals surface area (Å²) in [5.41, 5.74) is 3.35. The number of hydrogen-bond acceptors (Lipinski definition) is 15. The Balaban J connectivity index is 1.22. The highest BCUT2D eigenvalue weighted by Gasteiger charge is 2.57. The molecule has 6 rings (SSSR count). The Morgan fingerprint density at radius 3 is 2.44 bits per heavy atom. The number of thiazole rings is 1. The first kappa shape index (κ1) is 40.9.